The summed E-state index contributed by atoms with van der Waals surface area (Å²) in [5, 5.41) is 0. The second-order valence-corrected chi connectivity index (χ2v) is 10.0. The maximum absolute atomic E-state index is 13.7. The molecular formula is C28H36N2O5. The first-order valence-electron chi connectivity index (χ1n) is 12.8. The molecule has 1 saturated heterocycles. The second-order valence-electron chi connectivity index (χ2n) is 10.0. The molecule has 0 radical (unpaired) electrons. The molecule has 1 fully saturated rings. The Kier molecular flexibility index (Phi) is 7.44. The number of ether oxygens (including phenoxy) is 4. The van der Waals surface area contributed by atoms with Gasteiger partial charge in [0, 0.05) is 51.1 Å². The van der Waals surface area contributed by atoms with Crippen molar-refractivity contribution in [1.29, 1.82) is 0 Å². The molecule has 7 nitrogen and oxygen atoms in total. The van der Waals surface area contributed by atoms with Gasteiger partial charge in [-0.05, 0) is 29.2 Å². The highest BCUT2D eigenvalue weighted by molar-refractivity contribution is 5.81. The lowest BCUT2D eigenvalue weighted by Gasteiger charge is -2.35. The zero-order valence-electron chi connectivity index (χ0n) is 20.8. The van der Waals surface area contributed by atoms with Gasteiger partial charge in [0.15, 0.2) is 11.5 Å². The first-order chi connectivity index (χ1) is 17.1. The minimum atomic E-state index is -0.472. The van der Waals surface area contributed by atoms with Crippen LogP contribution >= 0.6 is 0 Å². The predicted molar refractivity (Wildman–Crippen MR) is 133 cm³/mol. The summed E-state index contributed by atoms with van der Waals surface area (Å²) in [4.78, 5) is 17.9. The summed E-state index contributed by atoms with van der Waals surface area (Å²) in [5.74, 6) is 2.95. The SMILES string of the molecule is CC(C)CN(Cc1ccc2c(c1)OCCCO2)C(=O)C1CN(Cc2cccc3c2OCC3)CCO1. The first-order valence-corrected chi connectivity index (χ1v) is 12.8. The molecule has 1 atom stereocenters. The van der Waals surface area contributed by atoms with Crippen molar-refractivity contribution in [3.8, 4) is 17.2 Å². The summed E-state index contributed by atoms with van der Waals surface area (Å²) in [6.45, 7) is 10.2. The zero-order chi connectivity index (χ0) is 24.2. The van der Waals surface area contributed by atoms with Gasteiger partial charge in [0.1, 0.15) is 11.9 Å². The van der Waals surface area contributed by atoms with E-state index < -0.39 is 6.10 Å². The lowest BCUT2D eigenvalue weighted by Crippen LogP contribution is -2.51. The summed E-state index contributed by atoms with van der Waals surface area (Å²) in [6.07, 6.45) is 1.37. The van der Waals surface area contributed by atoms with Crippen molar-refractivity contribution >= 4 is 5.91 Å². The van der Waals surface area contributed by atoms with Crippen molar-refractivity contribution in [2.75, 3.05) is 46.1 Å². The minimum Gasteiger partial charge on any atom is -0.493 e. The van der Waals surface area contributed by atoms with Gasteiger partial charge in [0.05, 0.1) is 26.4 Å². The highest BCUT2D eigenvalue weighted by Gasteiger charge is 2.31. The summed E-state index contributed by atoms with van der Waals surface area (Å²) < 4.78 is 23.5. The van der Waals surface area contributed by atoms with E-state index in [1.165, 1.54) is 11.1 Å². The van der Waals surface area contributed by atoms with E-state index >= 15 is 0 Å². The molecule has 0 N–H and O–H groups in total. The molecule has 5 rings (SSSR count). The van der Waals surface area contributed by atoms with Crippen LogP contribution in [0.15, 0.2) is 36.4 Å². The van der Waals surface area contributed by atoms with Crippen molar-refractivity contribution in [1.82, 2.24) is 9.80 Å². The first kappa shape index (κ1) is 23.9. The van der Waals surface area contributed by atoms with Gasteiger partial charge in [0.2, 0.25) is 0 Å². The Morgan fingerprint density at radius 1 is 1.06 bits per heavy atom. The van der Waals surface area contributed by atoms with E-state index in [9.17, 15) is 4.79 Å². The van der Waals surface area contributed by atoms with Gasteiger partial charge in [0.25, 0.3) is 5.91 Å². The van der Waals surface area contributed by atoms with Gasteiger partial charge in [-0.25, -0.2) is 0 Å². The van der Waals surface area contributed by atoms with Crippen LogP contribution in [0.1, 0.15) is 37.0 Å². The number of carbonyl (C=O) groups is 1. The standard InChI is InChI=1S/C28H36N2O5/c1-20(2)16-30(17-21-7-8-24-25(15-21)33-12-4-11-32-24)28(31)26-19-29(10-14-34-26)18-23-6-3-5-22-9-13-35-27(22)23/h3,5-8,15,20,26H,4,9-14,16-19H2,1-2H3. The molecule has 0 spiro atoms. The molecule has 2 aromatic carbocycles. The van der Waals surface area contributed by atoms with Crippen LogP contribution in [0.2, 0.25) is 0 Å². The van der Waals surface area contributed by atoms with Crippen molar-refractivity contribution in [3.63, 3.8) is 0 Å². The monoisotopic (exact) mass is 480 g/mol. The highest BCUT2D eigenvalue weighted by Crippen LogP contribution is 2.32. The highest BCUT2D eigenvalue weighted by atomic mass is 16.5. The Labute approximate surface area is 207 Å². The Morgan fingerprint density at radius 3 is 2.77 bits per heavy atom. The summed E-state index contributed by atoms with van der Waals surface area (Å²) in [7, 11) is 0. The van der Waals surface area contributed by atoms with Crippen LogP contribution < -0.4 is 14.2 Å². The Morgan fingerprint density at radius 2 is 1.91 bits per heavy atom. The fourth-order valence-corrected chi connectivity index (χ4v) is 5.05. The molecule has 188 valence electrons. The van der Waals surface area contributed by atoms with Crippen LogP contribution in [-0.2, 0) is 29.0 Å². The van der Waals surface area contributed by atoms with Crippen LogP contribution in [0, 0.1) is 5.92 Å². The second kappa shape index (κ2) is 10.9. The number of hydrogen-bond acceptors (Lipinski definition) is 6. The van der Waals surface area contributed by atoms with E-state index in [2.05, 4.69) is 36.9 Å². The van der Waals surface area contributed by atoms with Crippen LogP contribution in [0.4, 0.5) is 0 Å². The van der Waals surface area contributed by atoms with Gasteiger partial charge in [-0.2, -0.15) is 0 Å². The lowest BCUT2D eigenvalue weighted by atomic mass is 10.1. The molecule has 0 bridgehead atoms. The smallest absolute Gasteiger partial charge is 0.253 e. The molecule has 7 heteroatoms. The average molecular weight is 481 g/mol. The third kappa shape index (κ3) is 5.73. The number of benzene rings is 2. The van der Waals surface area contributed by atoms with E-state index in [0.717, 1.165) is 55.4 Å². The number of carbonyl (C=O) groups excluding carboxylic acids is 1. The topological polar surface area (TPSA) is 60.5 Å². The number of amides is 1. The van der Waals surface area contributed by atoms with Crippen molar-refractivity contribution < 1.29 is 23.7 Å². The molecule has 3 aliphatic heterocycles. The van der Waals surface area contributed by atoms with E-state index in [-0.39, 0.29) is 5.91 Å². The minimum absolute atomic E-state index is 0.0463. The molecule has 3 heterocycles. The largest absolute Gasteiger partial charge is 0.493 e. The van der Waals surface area contributed by atoms with E-state index in [1.54, 1.807) is 0 Å². The van der Waals surface area contributed by atoms with Crippen molar-refractivity contribution in [3.05, 3.63) is 53.1 Å². The quantitative estimate of drug-likeness (QED) is 0.603. The van der Waals surface area contributed by atoms with E-state index in [1.807, 2.05) is 23.1 Å². The number of fused-ring (bicyclic) bond motifs is 2. The number of para-hydroxylation sites is 1. The fraction of sp³-hybridized carbons (Fsp3) is 0.536. The summed E-state index contributed by atoms with van der Waals surface area (Å²) >= 11 is 0. The molecule has 0 saturated carbocycles. The number of nitrogens with zero attached hydrogens (tertiary/aromatic N) is 2. The third-order valence-electron chi connectivity index (χ3n) is 6.70. The predicted octanol–water partition coefficient (Wildman–Crippen LogP) is 3.67. The molecule has 1 amide bonds. The van der Waals surface area contributed by atoms with Crippen molar-refractivity contribution in [2.45, 2.75) is 45.9 Å². The zero-order valence-corrected chi connectivity index (χ0v) is 20.8. The molecule has 2 aromatic rings. The third-order valence-corrected chi connectivity index (χ3v) is 6.70. The van der Waals surface area contributed by atoms with Gasteiger partial charge in [-0.15, -0.1) is 0 Å². The van der Waals surface area contributed by atoms with Crippen molar-refractivity contribution in [2.24, 2.45) is 5.92 Å². The maximum atomic E-state index is 13.7. The molecule has 35 heavy (non-hydrogen) atoms. The Balaban J connectivity index is 1.27. The van der Waals surface area contributed by atoms with Gasteiger partial charge in [-0.1, -0.05) is 38.1 Å². The number of morpholine rings is 1. The van der Waals surface area contributed by atoms with Gasteiger partial charge < -0.3 is 23.8 Å². The normalized spacial score (nSPS) is 19.7. The van der Waals surface area contributed by atoms with Crippen LogP contribution in [0.3, 0.4) is 0 Å². The summed E-state index contributed by atoms with van der Waals surface area (Å²) in [6, 6.07) is 12.4. The molecular weight excluding hydrogens is 444 g/mol. The van der Waals surface area contributed by atoms with Crippen LogP contribution in [0.5, 0.6) is 17.2 Å². The number of rotatable bonds is 7. The van der Waals surface area contributed by atoms with E-state index in [0.29, 0.717) is 45.4 Å². The Hall–Kier alpha value is -2.77. The van der Waals surface area contributed by atoms with Crippen LogP contribution in [0.25, 0.3) is 0 Å². The lowest BCUT2D eigenvalue weighted by molar-refractivity contribution is -0.151. The molecule has 0 aromatic heterocycles. The Bertz CT molecular complexity index is 1040. The molecule has 1 unspecified atom stereocenters. The van der Waals surface area contributed by atoms with Gasteiger partial charge >= 0.3 is 0 Å². The van der Waals surface area contributed by atoms with E-state index in [4.69, 9.17) is 18.9 Å². The number of hydrogen-bond donors (Lipinski definition) is 0. The average Bonchev–Trinajstić information content (AvgIpc) is 3.22. The fourth-order valence-electron chi connectivity index (χ4n) is 5.05. The van der Waals surface area contributed by atoms with Gasteiger partial charge in [-0.3, -0.25) is 9.69 Å². The maximum Gasteiger partial charge on any atom is 0.253 e. The van der Waals surface area contributed by atoms with Crippen LogP contribution in [-0.4, -0.2) is 67.9 Å². The summed E-state index contributed by atoms with van der Waals surface area (Å²) in [5.41, 5.74) is 3.51. The molecule has 0 aliphatic carbocycles. The molecule has 3 aliphatic rings.